The van der Waals surface area contributed by atoms with Crippen LogP contribution in [0.5, 0.6) is 0 Å². The first kappa shape index (κ1) is 8.14. The average Bonchev–Trinajstić information content (AvgIpc) is 1.93. The molecule has 0 spiro atoms. The van der Waals surface area contributed by atoms with Crippen molar-refractivity contribution in [1.29, 1.82) is 0 Å². The van der Waals surface area contributed by atoms with Crippen LogP contribution < -0.4 is 5.73 Å². The van der Waals surface area contributed by atoms with Gasteiger partial charge in [0, 0.05) is 9.26 Å². The van der Waals surface area contributed by atoms with Crippen LogP contribution in [-0.4, -0.2) is 0 Å². The standard InChI is InChI=1S/C7H7ClIN/c1-4-6(10)3-2-5(8)7(4)9/h2-3H,10H2,1H3. The summed E-state index contributed by atoms with van der Waals surface area (Å²) >= 11 is 8.01. The number of benzene rings is 1. The van der Waals surface area contributed by atoms with Crippen molar-refractivity contribution in [3.8, 4) is 0 Å². The van der Waals surface area contributed by atoms with Crippen molar-refractivity contribution in [3.63, 3.8) is 0 Å². The smallest absolute Gasteiger partial charge is 0.0543 e. The average molecular weight is 267 g/mol. The normalized spacial score (nSPS) is 9.90. The summed E-state index contributed by atoms with van der Waals surface area (Å²) in [6.07, 6.45) is 0. The van der Waals surface area contributed by atoms with Crippen LogP contribution in [0.15, 0.2) is 12.1 Å². The fraction of sp³-hybridized carbons (Fsp3) is 0.143. The van der Waals surface area contributed by atoms with Crippen molar-refractivity contribution in [1.82, 2.24) is 0 Å². The zero-order valence-corrected chi connectivity index (χ0v) is 8.40. The van der Waals surface area contributed by atoms with Gasteiger partial charge in [-0.3, -0.25) is 0 Å². The first-order chi connectivity index (χ1) is 4.63. The van der Waals surface area contributed by atoms with E-state index in [1.165, 1.54) is 0 Å². The number of hydrogen-bond acceptors (Lipinski definition) is 1. The lowest BCUT2D eigenvalue weighted by Gasteiger charge is -2.02. The summed E-state index contributed by atoms with van der Waals surface area (Å²) < 4.78 is 1.04. The molecule has 0 aliphatic carbocycles. The van der Waals surface area contributed by atoms with Gasteiger partial charge in [0.05, 0.1) is 5.02 Å². The molecule has 1 rings (SSSR count). The Bertz CT molecular complexity index is 233. The highest BCUT2D eigenvalue weighted by Crippen LogP contribution is 2.25. The molecule has 0 heterocycles. The van der Waals surface area contributed by atoms with Gasteiger partial charge in [0.15, 0.2) is 0 Å². The molecule has 0 bridgehead atoms. The van der Waals surface area contributed by atoms with E-state index in [1.807, 2.05) is 19.1 Å². The summed E-state index contributed by atoms with van der Waals surface area (Å²) in [5.74, 6) is 0. The van der Waals surface area contributed by atoms with E-state index < -0.39 is 0 Å². The number of nitrogens with two attached hydrogens (primary N) is 1. The zero-order valence-electron chi connectivity index (χ0n) is 5.49. The molecule has 0 saturated carbocycles. The van der Waals surface area contributed by atoms with Gasteiger partial charge in [-0.1, -0.05) is 11.6 Å². The van der Waals surface area contributed by atoms with Crippen LogP contribution in [0, 0.1) is 10.5 Å². The van der Waals surface area contributed by atoms with E-state index in [0.717, 1.165) is 19.8 Å². The van der Waals surface area contributed by atoms with Crippen LogP contribution in [0.4, 0.5) is 5.69 Å². The summed E-state index contributed by atoms with van der Waals surface area (Å²) in [4.78, 5) is 0. The highest BCUT2D eigenvalue weighted by molar-refractivity contribution is 14.1. The number of nitrogen functional groups attached to an aromatic ring is 1. The van der Waals surface area contributed by atoms with Crippen LogP contribution in [0.25, 0.3) is 0 Å². The second-order valence-electron chi connectivity index (χ2n) is 2.08. The summed E-state index contributed by atoms with van der Waals surface area (Å²) in [6.45, 7) is 1.96. The molecular formula is C7H7ClIN. The Kier molecular flexibility index (Phi) is 2.41. The van der Waals surface area contributed by atoms with E-state index in [-0.39, 0.29) is 0 Å². The molecule has 0 aliphatic rings. The third-order valence-electron chi connectivity index (χ3n) is 1.38. The molecule has 0 saturated heterocycles. The van der Waals surface area contributed by atoms with Crippen LogP contribution in [0.3, 0.4) is 0 Å². The van der Waals surface area contributed by atoms with Gasteiger partial charge in [-0.15, -0.1) is 0 Å². The first-order valence-electron chi connectivity index (χ1n) is 2.83. The third-order valence-corrected chi connectivity index (χ3v) is 3.41. The summed E-state index contributed by atoms with van der Waals surface area (Å²) in [5.41, 5.74) is 7.49. The maximum atomic E-state index is 5.82. The van der Waals surface area contributed by atoms with Crippen LogP contribution in [0.1, 0.15) is 5.56 Å². The second-order valence-corrected chi connectivity index (χ2v) is 3.56. The molecule has 10 heavy (non-hydrogen) atoms. The minimum absolute atomic E-state index is 0.771. The third kappa shape index (κ3) is 1.37. The van der Waals surface area contributed by atoms with Gasteiger partial charge in [0.2, 0.25) is 0 Å². The minimum Gasteiger partial charge on any atom is -0.398 e. The number of halogens is 2. The Balaban J connectivity index is 3.34. The Hall–Kier alpha value is 0.0400. The molecule has 1 nitrogen and oxygen atoms in total. The molecule has 0 unspecified atom stereocenters. The van der Waals surface area contributed by atoms with Gasteiger partial charge in [0.1, 0.15) is 0 Å². The lowest BCUT2D eigenvalue weighted by atomic mass is 10.2. The number of anilines is 1. The fourth-order valence-corrected chi connectivity index (χ4v) is 1.36. The molecule has 1 aromatic rings. The second kappa shape index (κ2) is 2.96. The van der Waals surface area contributed by atoms with Gasteiger partial charge in [-0.05, 0) is 47.2 Å². The summed E-state index contributed by atoms with van der Waals surface area (Å²) in [6, 6.07) is 3.63. The number of hydrogen-bond donors (Lipinski definition) is 1. The summed E-state index contributed by atoms with van der Waals surface area (Å²) in [5, 5.41) is 0.771. The molecule has 0 aromatic heterocycles. The monoisotopic (exact) mass is 267 g/mol. The molecule has 0 amide bonds. The first-order valence-corrected chi connectivity index (χ1v) is 4.28. The van der Waals surface area contributed by atoms with Crippen LogP contribution in [0.2, 0.25) is 5.02 Å². The minimum atomic E-state index is 0.771. The van der Waals surface area contributed by atoms with Gasteiger partial charge < -0.3 is 5.73 Å². The van der Waals surface area contributed by atoms with Crippen molar-refractivity contribution in [2.75, 3.05) is 5.73 Å². The van der Waals surface area contributed by atoms with E-state index in [9.17, 15) is 0 Å². The maximum Gasteiger partial charge on any atom is 0.0543 e. The van der Waals surface area contributed by atoms with Crippen molar-refractivity contribution in [3.05, 3.63) is 26.3 Å². The van der Waals surface area contributed by atoms with E-state index in [4.69, 9.17) is 17.3 Å². The fourth-order valence-electron chi connectivity index (χ4n) is 0.667. The van der Waals surface area contributed by atoms with E-state index >= 15 is 0 Å². The van der Waals surface area contributed by atoms with Crippen molar-refractivity contribution >= 4 is 39.9 Å². The van der Waals surface area contributed by atoms with Crippen LogP contribution >= 0.6 is 34.2 Å². The topological polar surface area (TPSA) is 26.0 Å². The molecule has 0 radical (unpaired) electrons. The largest absolute Gasteiger partial charge is 0.398 e. The van der Waals surface area contributed by atoms with Crippen LogP contribution in [-0.2, 0) is 0 Å². The Morgan fingerprint density at radius 3 is 2.60 bits per heavy atom. The molecule has 54 valence electrons. The van der Waals surface area contributed by atoms with Crippen molar-refractivity contribution in [2.24, 2.45) is 0 Å². The molecule has 2 N–H and O–H groups in total. The van der Waals surface area contributed by atoms with Gasteiger partial charge in [-0.2, -0.15) is 0 Å². The number of rotatable bonds is 0. The lowest BCUT2D eigenvalue weighted by molar-refractivity contribution is 1.43. The zero-order chi connectivity index (χ0) is 7.72. The Labute approximate surface area is 78.7 Å². The van der Waals surface area contributed by atoms with Gasteiger partial charge >= 0.3 is 0 Å². The SMILES string of the molecule is Cc1c(N)ccc(Cl)c1I. The Morgan fingerprint density at radius 1 is 1.50 bits per heavy atom. The maximum absolute atomic E-state index is 5.82. The van der Waals surface area contributed by atoms with Gasteiger partial charge in [0.25, 0.3) is 0 Å². The van der Waals surface area contributed by atoms with Crippen molar-refractivity contribution in [2.45, 2.75) is 6.92 Å². The molecule has 0 fully saturated rings. The molecule has 3 heteroatoms. The highest BCUT2D eigenvalue weighted by atomic mass is 127. The Morgan fingerprint density at radius 2 is 2.10 bits per heavy atom. The predicted octanol–water partition coefficient (Wildman–Crippen LogP) is 2.84. The molecular weight excluding hydrogens is 260 g/mol. The van der Waals surface area contributed by atoms with E-state index in [0.29, 0.717) is 0 Å². The molecule has 0 aliphatic heterocycles. The van der Waals surface area contributed by atoms with E-state index in [1.54, 1.807) is 0 Å². The molecule has 0 atom stereocenters. The lowest BCUT2D eigenvalue weighted by Crippen LogP contribution is -1.91. The quantitative estimate of drug-likeness (QED) is 0.568. The van der Waals surface area contributed by atoms with Crippen molar-refractivity contribution < 1.29 is 0 Å². The highest BCUT2D eigenvalue weighted by Gasteiger charge is 2.01. The van der Waals surface area contributed by atoms with E-state index in [2.05, 4.69) is 22.6 Å². The van der Waals surface area contributed by atoms with Gasteiger partial charge in [-0.25, -0.2) is 0 Å². The summed E-state index contributed by atoms with van der Waals surface area (Å²) in [7, 11) is 0. The molecule has 1 aromatic carbocycles. The predicted molar refractivity (Wildman–Crippen MR) is 53.3 cm³/mol.